The summed E-state index contributed by atoms with van der Waals surface area (Å²) in [5, 5.41) is 3.01. The van der Waals surface area contributed by atoms with Crippen molar-refractivity contribution < 1.29 is 13.9 Å². The van der Waals surface area contributed by atoms with Gasteiger partial charge in [-0.2, -0.15) is 0 Å². The van der Waals surface area contributed by atoms with Crippen LogP contribution in [0.5, 0.6) is 5.75 Å². The first-order valence-electron chi connectivity index (χ1n) is 8.00. The number of benzene rings is 2. The van der Waals surface area contributed by atoms with Crippen molar-refractivity contribution in [1.82, 2.24) is 0 Å². The average Bonchev–Trinajstić information content (AvgIpc) is 3.16. The van der Waals surface area contributed by atoms with Crippen LogP contribution in [0.25, 0.3) is 0 Å². The average molecular weight is 388 g/mol. The summed E-state index contributed by atoms with van der Waals surface area (Å²) in [5.41, 5.74) is 1.56. The standard InChI is InChI=1S/C20H18ClNO3S/c1-24-18-10-9-15(12-17(18)21)22-20(23)19(14-6-3-2-4-7-14)26-13-16-8-5-11-25-16/h2-12,19H,13H2,1H3,(H,22,23)/t19-/m1/s1. The van der Waals surface area contributed by atoms with E-state index in [4.69, 9.17) is 20.8 Å². The third-order valence-electron chi connectivity index (χ3n) is 3.73. The Kier molecular flexibility index (Phi) is 6.26. The van der Waals surface area contributed by atoms with Gasteiger partial charge < -0.3 is 14.5 Å². The van der Waals surface area contributed by atoms with Gasteiger partial charge in [0.2, 0.25) is 5.91 Å². The van der Waals surface area contributed by atoms with Gasteiger partial charge in [-0.15, -0.1) is 11.8 Å². The van der Waals surface area contributed by atoms with E-state index >= 15 is 0 Å². The van der Waals surface area contributed by atoms with Gasteiger partial charge in [-0.25, -0.2) is 0 Å². The van der Waals surface area contributed by atoms with Gasteiger partial charge in [-0.05, 0) is 35.9 Å². The molecule has 0 saturated heterocycles. The van der Waals surface area contributed by atoms with Gasteiger partial charge in [-0.3, -0.25) is 4.79 Å². The van der Waals surface area contributed by atoms with Gasteiger partial charge in [0, 0.05) is 5.69 Å². The zero-order valence-corrected chi connectivity index (χ0v) is 15.7. The predicted molar refractivity (Wildman–Crippen MR) is 106 cm³/mol. The Balaban J connectivity index is 1.76. The number of ether oxygens (including phenoxy) is 1. The molecule has 0 aliphatic rings. The normalized spacial score (nSPS) is 11.8. The number of hydrogen-bond donors (Lipinski definition) is 1. The highest BCUT2D eigenvalue weighted by Crippen LogP contribution is 2.34. The maximum absolute atomic E-state index is 12.9. The van der Waals surface area contributed by atoms with E-state index in [0.29, 0.717) is 22.2 Å². The van der Waals surface area contributed by atoms with Crippen LogP contribution >= 0.6 is 23.4 Å². The second kappa shape index (κ2) is 8.83. The molecule has 1 aromatic heterocycles. The largest absolute Gasteiger partial charge is 0.495 e. The first-order chi connectivity index (χ1) is 12.7. The zero-order valence-electron chi connectivity index (χ0n) is 14.1. The Morgan fingerprint density at radius 2 is 2.00 bits per heavy atom. The van der Waals surface area contributed by atoms with Crippen molar-refractivity contribution in [3.05, 3.63) is 83.3 Å². The van der Waals surface area contributed by atoms with Crippen LogP contribution in [-0.4, -0.2) is 13.0 Å². The van der Waals surface area contributed by atoms with Gasteiger partial charge in [0.25, 0.3) is 0 Å². The lowest BCUT2D eigenvalue weighted by Gasteiger charge is -2.17. The van der Waals surface area contributed by atoms with Crippen LogP contribution in [0.15, 0.2) is 71.3 Å². The number of rotatable bonds is 7. The Hall–Kier alpha value is -2.37. The Morgan fingerprint density at radius 1 is 1.19 bits per heavy atom. The molecule has 1 N–H and O–H groups in total. The fourth-order valence-electron chi connectivity index (χ4n) is 2.46. The molecular formula is C20H18ClNO3S. The van der Waals surface area contributed by atoms with Crippen molar-refractivity contribution in [2.45, 2.75) is 11.0 Å². The van der Waals surface area contributed by atoms with E-state index < -0.39 is 0 Å². The topological polar surface area (TPSA) is 51.5 Å². The molecule has 0 saturated carbocycles. The molecule has 3 aromatic rings. The van der Waals surface area contributed by atoms with Gasteiger partial charge in [0.1, 0.15) is 16.8 Å². The highest BCUT2D eigenvalue weighted by molar-refractivity contribution is 7.99. The minimum atomic E-state index is -0.373. The summed E-state index contributed by atoms with van der Waals surface area (Å²) in [7, 11) is 1.55. The van der Waals surface area contributed by atoms with Crippen molar-refractivity contribution in [2.24, 2.45) is 0 Å². The highest BCUT2D eigenvalue weighted by Gasteiger charge is 2.22. The lowest BCUT2D eigenvalue weighted by molar-refractivity contribution is -0.115. The Bertz CT molecular complexity index is 853. The molecule has 0 spiro atoms. The second-order valence-corrected chi connectivity index (χ2v) is 7.02. The van der Waals surface area contributed by atoms with E-state index in [0.717, 1.165) is 11.3 Å². The number of methoxy groups -OCH3 is 1. The summed E-state index contributed by atoms with van der Waals surface area (Å²) < 4.78 is 10.5. The first kappa shape index (κ1) is 18.4. The summed E-state index contributed by atoms with van der Waals surface area (Å²) >= 11 is 7.65. The van der Waals surface area contributed by atoms with Crippen molar-refractivity contribution in [2.75, 3.05) is 12.4 Å². The Morgan fingerprint density at radius 3 is 2.65 bits per heavy atom. The van der Waals surface area contributed by atoms with Crippen molar-refractivity contribution in [3.8, 4) is 5.75 Å². The number of anilines is 1. The van der Waals surface area contributed by atoms with E-state index in [1.165, 1.54) is 11.8 Å². The fraction of sp³-hybridized carbons (Fsp3) is 0.150. The molecule has 0 aliphatic heterocycles. The number of furan rings is 1. The van der Waals surface area contributed by atoms with Gasteiger partial charge in [0.05, 0.1) is 24.1 Å². The molecule has 0 aliphatic carbocycles. The van der Waals surface area contributed by atoms with Crippen LogP contribution in [0.4, 0.5) is 5.69 Å². The highest BCUT2D eigenvalue weighted by atomic mass is 35.5. The lowest BCUT2D eigenvalue weighted by Crippen LogP contribution is -2.19. The summed E-state index contributed by atoms with van der Waals surface area (Å²) in [4.78, 5) is 12.9. The third kappa shape index (κ3) is 4.62. The zero-order chi connectivity index (χ0) is 18.4. The number of nitrogens with one attached hydrogen (secondary N) is 1. The van der Waals surface area contributed by atoms with Gasteiger partial charge in [0.15, 0.2) is 0 Å². The molecule has 4 nitrogen and oxygen atoms in total. The molecule has 134 valence electrons. The van der Waals surface area contributed by atoms with E-state index in [1.54, 1.807) is 31.6 Å². The van der Waals surface area contributed by atoms with Crippen molar-refractivity contribution in [3.63, 3.8) is 0 Å². The van der Waals surface area contributed by atoms with Crippen molar-refractivity contribution >= 4 is 35.0 Å². The van der Waals surface area contributed by atoms with E-state index in [2.05, 4.69) is 5.32 Å². The smallest absolute Gasteiger partial charge is 0.242 e. The number of carbonyl (C=O) groups excluding carboxylic acids is 1. The molecule has 6 heteroatoms. The predicted octanol–water partition coefficient (Wildman–Crippen LogP) is 5.55. The Labute approximate surface area is 161 Å². The van der Waals surface area contributed by atoms with Crippen LogP contribution in [0, 0.1) is 0 Å². The van der Waals surface area contributed by atoms with E-state index in [1.807, 2.05) is 42.5 Å². The van der Waals surface area contributed by atoms with Crippen LogP contribution in [-0.2, 0) is 10.5 Å². The number of halogens is 1. The molecule has 1 atom stereocenters. The number of carbonyl (C=O) groups is 1. The SMILES string of the molecule is COc1ccc(NC(=O)[C@H](SCc2ccco2)c2ccccc2)cc1Cl. The van der Waals surface area contributed by atoms with Crippen LogP contribution in [0.1, 0.15) is 16.6 Å². The number of amides is 1. The quantitative estimate of drug-likeness (QED) is 0.577. The summed E-state index contributed by atoms with van der Waals surface area (Å²) in [6, 6.07) is 18.6. The maximum Gasteiger partial charge on any atom is 0.242 e. The minimum Gasteiger partial charge on any atom is -0.495 e. The monoisotopic (exact) mass is 387 g/mol. The van der Waals surface area contributed by atoms with E-state index in [9.17, 15) is 4.79 Å². The molecule has 26 heavy (non-hydrogen) atoms. The van der Waals surface area contributed by atoms with Crippen LogP contribution < -0.4 is 10.1 Å². The molecule has 3 rings (SSSR count). The summed E-state index contributed by atoms with van der Waals surface area (Å²) in [6.07, 6.45) is 1.63. The molecule has 0 radical (unpaired) electrons. The van der Waals surface area contributed by atoms with Gasteiger partial charge in [-0.1, -0.05) is 41.9 Å². The molecule has 0 fully saturated rings. The first-order valence-corrected chi connectivity index (χ1v) is 9.43. The number of thioether (sulfide) groups is 1. The fourth-order valence-corrected chi connectivity index (χ4v) is 3.78. The molecule has 0 unspecified atom stereocenters. The molecule has 2 aromatic carbocycles. The van der Waals surface area contributed by atoms with E-state index in [-0.39, 0.29) is 11.2 Å². The molecule has 1 amide bonds. The van der Waals surface area contributed by atoms with Gasteiger partial charge >= 0.3 is 0 Å². The second-order valence-electron chi connectivity index (χ2n) is 5.52. The third-order valence-corrected chi connectivity index (χ3v) is 5.30. The minimum absolute atomic E-state index is 0.117. The number of hydrogen-bond acceptors (Lipinski definition) is 4. The summed E-state index contributed by atoms with van der Waals surface area (Å²) in [5.74, 6) is 1.88. The summed E-state index contributed by atoms with van der Waals surface area (Å²) in [6.45, 7) is 0. The molecule has 1 heterocycles. The van der Waals surface area contributed by atoms with Crippen LogP contribution in [0.3, 0.4) is 0 Å². The molecule has 0 bridgehead atoms. The van der Waals surface area contributed by atoms with Crippen LogP contribution in [0.2, 0.25) is 5.02 Å². The lowest BCUT2D eigenvalue weighted by atomic mass is 10.1. The maximum atomic E-state index is 12.9. The van der Waals surface area contributed by atoms with Crippen molar-refractivity contribution in [1.29, 1.82) is 0 Å². The molecular weight excluding hydrogens is 370 g/mol.